The topological polar surface area (TPSA) is 52.0 Å². The summed E-state index contributed by atoms with van der Waals surface area (Å²) in [5.74, 6) is 3.03. The summed E-state index contributed by atoms with van der Waals surface area (Å²) < 4.78 is 8.60. The highest BCUT2D eigenvalue weighted by Gasteiger charge is 2.45. The van der Waals surface area contributed by atoms with E-state index in [0.717, 1.165) is 18.8 Å². The van der Waals surface area contributed by atoms with Gasteiger partial charge in [0.2, 0.25) is 0 Å². The lowest BCUT2D eigenvalue weighted by Gasteiger charge is -2.27. The molecule has 22 heavy (non-hydrogen) atoms. The lowest BCUT2D eigenvalue weighted by molar-refractivity contribution is -0.0699. The number of nitrogens with one attached hydrogen (secondary N) is 1. The Kier molecular flexibility index (Phi) is 3.18. The van der Waals surface area contributed by atoms with Crippen LogP contribution in [0.15, 0.2) is 0 Å². The molecule has 0 amide bonds. The van der Waals surface area contributed by atoms with Crippen molar-refractivity contribution in [2.75, 3.05) is 0 Å². The van der Waals surface area contributed by atoms with Crippen LogP contribution in [0.4, 0.5) is 0 Å². The molecule has 0 aromatic carbocycles. The van der Waals surface area contributed by atoms with Crippen LogP contribution in [0.1, 0.15) is 83.4 Å². The summed E-state index contributed by atoms with van der Waals surface area (Å²) in [6.45, 7) is 9.51. The molecule has 1 aromatic heterocycles. The standard InChI is InChI=1S/C17H28N4O/c1-16(2)9-13(17(3,4)22-16)18-10-14-19-20-15(11-5-6-11)21(14)12-7-8-12/h11-13,18H,5-10H2,1-4H3/t13-/m1/s1. The molecule has 3 aliphatic rings. The molecule has 1 atom stereocenters. The van der Waals surface area contributed by atoms with Crippen LogP contribution in [-0.4, -0.2) is 32.0 Å². The molecule has 2 saturated carbocycles. The first-order valence-corrected chi connectivity index (χ1v) is 8.73. The lowest BCUT2D eigenvalue weighted by atomic mass is 9.94. The second kappa shape index (κ2) is 4.78. The van der Waals surface area contributed by atoms with Gasteiger partial charge < -0.3 is 14.6 Å². The zero-order valence-electron chi connectivity index (χ0n) is 14.2. The SMILES string of the molecule is CC1(C)C[C@@H](NCc2nnc(C3CC3)n2C2CC2)C(C)(C)O1. The van der Waals surface area contributed by atoms with E-state index in [0.29, 0.717) is 18.0 Å². The highest BCUT2D eigenvalue weighted by atomic mass is 16.5. The second-order valence-corrected chi connectivity index (χ2v) is 8.45. The van der Waals surface area contributed by atoms with E-state index in [4.69, 9.17) is 4.74 Å². The molecule has 2 aliphatic carbocycles. The van der Waals surface area contributed by atoms with Gasteiger partial charge in [-0.25, -0.2) is 0 Å². The van der Waals surface area contributed by atoms with Crippen molar-refractivity contribution in [1.29, 1.82) is 0 Å². The lowest BCUT2D eigenvalue weighted by Crippen LogP contribution is -2.43. The summed E-state index contributed by atoms with van der Waals surface area (Å²) in [4.78, 5) is 0. The zero-order chi connectivity index (χ0) is 15.5. The monoisotopic (exact) mass is 304 g/mol. The van der Waals surface area contributed by atoms with E-state index in [1.165, 1.54) is 31.5 Å². The fourth-order valence-electron chi connectivity index (χ4n) is 3.90. The fraction of sp³-hybridized carbons (Fsp3) is 0.882. The molecule has 0 radical (unpaired) electrons. The quantitative estimate of drug-likeness (QED) is 0.909. The summed E-state index contributed by atoms with van der Waals surface area (Å²) in [7, 11) is 0. The van der Waals surface area contributed by atoms with Gasteiger partial charge in [-0.05, 0) is 59.8 Å². The number of nitrogens with zero attached hydrogens (tertiary/aromatic N) is 3. The summed E-state index contributed by atoms with van der Waals surface area (Å²) in [6.07, 6.45) is 6.19. The molecule has 2 heterocycles. The van der Waals surface area contributed by atoms with Crippen molar-refractivity contribution in [1.82, 2.24) is 20.1 Å². The Labute approximate surface area is 132 Å². The predicted octanol–water partition coefficient (Wildman–Crippen LogP) is 2.93. The van der Waals surface area contributed by atoms with Gasteiger partial charge in [0, 0.05) is 18.0 Å². The van der Waals surface area contributed by atoms with E-state index in [1.807, 2.05) is 0 Å². The third kappa shape index (κ3) is 2.69. The van der Waals surface area contributed by atoms with Gasteiger partial charge in [-0.15, -0.1) is 10.2 Å². The molecular formula is C17H28N4O. The molecule has 122 valence electrons. The predicted molar refractivity (Wildman–Crippen MR) is 84.8 cm³/mol. The molecule has 0 spiro atoms. The van der Waals surface area contributed by atoms with Crippen LogP contribution in [-0.2, 0) is 11.3 Å². The molecule has 1 aromatic rings. The van der Waals surface area contributed by atoms with E-state index in [1.54, 1.807) is 0 Å². The Morgan fingerprint density at radius 1 is 1.14 bits per heavy atom. The maximum atomic E-state index is 6.18. The van der Waals surface area contributed by atoms with Gasteiger partial charge in [-0.1, -0.05) is 0 Å². The van der Waals surface area contributed by atoms with Crippen LogP contribution in [0.2, 0.25) is 0 Å². The van der Waals surface area contributed by atoms with Crippen molar-refractivity contribution >= 4 is 0 Å². The van der Waals surface area contributed by atoms with Crippen molar-refractivity contribution in [2.24, 2.45) is 0 Å². The van der Waals surface area contributed by atoms with Gasteiger partial charge in [0.15, 0.2) is 0 Å². The van der Waals surface area contributed by atoms with Crippen LogP contribution in [0.3, 0.4) is 0 Å². The summed E-state index contributed by atoms with van der Waals surface area (Å²) >= 11 is 0. The minimum Gasteiger partial charge on any atom is -0.368 e. The third-order valence-corrected chi connectivity index (χ3v) is 5.23. The van der Waals surface area contributed by atoms with E-state index < -0.39 is 0 Å². The summed E-state index contributed by atoms with van der Waals surface area (Å²) in [5, 5.41) is 12.7. The third-order valence-electron chi connectivity index (χ3n) is 5.23. The minimum atomic E-state index is -0.132. The van der Waals surface area contributed by atoms with Crippen molar-refractivity contribution in [3.63, 3.8) is 0 Å². The molecule has 1 aliphatic heterocycles. The van der Waals surface area contributed by atoms with Gasteiger partial charge in [0.1, 0.15) is 11.6 Å². The Balaban J connectivity index is 1.48. The average molecular weight is 304 g/mol. The van der Waals surface area contributed by atoms with Crippen LogP contribution >= 0.6 is 0 Å². The van der Waals surface area contributed by atoms with Gasteiger partial charge in [-0.3, -0.25) is 0 Å². The normalized spacial score (nSPS) is 29.9. The number of hydrogen-bond acceptors (Lipinski definition) is 4. The van der Waals surface area contributed by atoms with Crippen LogP contribution < -0.4 is 5.32 Å². The van der Waals surface area contributed by atoms with Crippen LogP contribution in [0.5, 0.6) is 0 Å². The Morgan fingerprint density at radius 3 is 2.41 bits per heavy atom. The maximum absolute atomic E-state index is 6.18. The molecule has 1 saturated heterocycles. The van der Waals surface area contributed by atoms with Gasteiger partial charge in [0.05, 0.1) is 17.7 Å². The van der Waals surface area contributed by atoms with Crippen molar-refractivity contribution in [2.45, 2.75) is 95.5 Å². The highest BCUT2D eigenvalue weighted by molar-refractivity contribution is 5.12. The van der Waals surface area contributed by atoms with E-state index in [2.05, 4.69) is 47.8 Å². The Bertz CT molecular complexity index is 569. The van der Waals surface area contributed by atoms with Gasteiger partial charge >= 0.3 is 0 Å². The van der Waals surface area contributed by atoms with E-state index in [-0.39, 0.29) is 11.2 Å². The smallest absolute Gasteiger partial charge is 0.147 e. The van der Waals surface area contributed by atoms with Crippen molar-refractivity contribution < 1.29 is 4.74 Å². The molecule has 4 rings (SSSR count). The van der Waals surface area contributed by atoms with Gasteiger partial charge in [-0.2, -0.15) is 0 Å². The number of rotatable bonds is 5. The molecule has 0 unspecified atom stereocenters. The van der Waals surface area contributed by atoms with E-state index in [9.17, 15) is 0 Å². The molecule has 5 nitrogen and oxygen atoms in total. The minimum absolute atomic E-state index is 0.0511. The molecule has 0 bridgehead atoms. The number of aromatic nitrogens is 3. The maximum Gasteiger partial charge on any atom is 0.147 e. The van der Waals surface area contributed by atoms with Crippen molar-refractivity contribution in [3.05, 3.63) is 11.6 Å². The van der Waals surface area contributed by atoms with Crippen molar-refractivity contribution in [3.8, 4) is 0 Å². The molecule has 3 fully saturated rings. The molecular weight excluding hydrogens is 276 g/mol. The highest BCUT2D eigenvalue weighted by Crippen LogP contribution is 2.45. The first-order valence-electron chi connectivity index (χ1n) is 8.73. The van der Waals surface area contributed by atoms with Gasteiger partial charge in [0.25, 0.3) is 0 Å². The van der Waals surface area contributed by atoms with Crippen LogP contribution in [0, 0.1) is 0 Å². The first-order chi connectivity index (χ1) is 10.4. The largest absolute Gasteiger partial charge is 0.368 e. The molecule has 1 N–H and O–H groups in total. The summed E-state index contributed by atoms with van der Waals surface area (Å²) in [6, 6.07) is 1.02. The Hall–Kier alpha value is -0.940. The first kappa shape index (κ1) is 14.6. The Morgan fingerprint density at radius 2 is 1.86 bits per heavy atom. The van der Waals surface area contributed by atoms with Crippen LogP contribution in [0.25, 0.3) is 0 Å². The summed E-state index contributed by atoms with van der Waals surface area (Å²) in [5.41, 5.74) is -0.183. The second-order valence-electron chi connectivity index (χ2n) is 8.45. The number of ether oxygens (including phenoxy) is 1. The molecule has 5 heteroatoms. The average Bonchev–Trinajstić information content (AvgIpc) is 3.31. The number of hydrogen-bond donors (Lipinski definition) is 1. The zero-order valence-corrected chi connectivity index (χ0v) is 14.2. The fourth-order valence-corrected chi connectivity index (χ4v) is 3.90. The van der Waals surface area contributed by atoms with E-state index >= 15 is 0 Å².